The lowest BCUT2D eigenvalue weighted by molar-refractivity contribution is -0.116. The van der Waals surface area contributed by atoms with Crippen LogP contribution in [0.5, 0.6) is 0 Å². The molecule has 1 fully saturated rings. The maximum Gasteiger partial charge on any atom is 0.404 e. The van der Waals surface area contributed by atoms with Crippen LogP contribution in [0.3, 0.4) is 0 Å². The summed E-state index contributed by atoms with van der Waals surface area (Å²) < 4.78 is 17.4. The number of hydrogen-bond donors (Lipinski definition) is 2. The van der Waals surface area contributed by atoms with Crippen LogP contribution >= 0.6 is 0 Å². The molecular formula is C14H29NO5Si. The minimum atomic E-state index is -1.82. The molecule has 3 atom stereocenters. The molecule has 1 heterocycles. The third kappa shape index (κ3) is 5.25. The predicted octanol–water partition coefficient (Wildman–Crippen LogP) is 2.45. The van der Waals surface area contributed by atoms with Crippen LogP contribution in [0, 0.1) is 0 Å². The van der Waals surface area contributed by atoms with Gasteiger partial charge in [-0.15, -0.1) is 0 Å². The van der Waals surface area contributed by atoms with Crippen molar-refractivity contribution in [1.29, 1.82) is 0 Å². The number of methoxy groups -OCH3 is 1. The molecule has 0 aromatic rings. The molecule has 124 valence electrons. The molecular weight excluding hydrogens is 290 g/mol. The fraction of sp³-hybridized carbons (Fsp3) is 0.929. The Balaban J connectivity index is 2.55. The Bertz CT molecular complexity index is 356. The monoisotopic (exact) mass is 319 g/mol. The van der Waals surface area contributed by atoms with Gasteiger partial charge in [-0.3, -0.25) is 0 Å². The zero-order valence-electron chi connectivity index (χ0n) is 13.9. The van der Waals surface area contributed by atoms with Gasteiger partial charge in [0, 0.05) is 7.11 Å². The van der Waals surface area contributed by atoms with Crippen LogP contribution in [-0.2, 0) is 13.9 Å². The van der Waals surface area contributed by atoms with Crippen molar-refractivity contribution in [2.45, 2.75) is 63.6 Å². The van der Waals surface area contributed by atoms with Crippen molar-refractivity contribution in [3.63, 3.8) is 0 Å². The molecule has 6 nitrogen and oxygen atoms in total. The van der Waals surface area contributed by atoms with Gasteiger partial charge < -0.3 is 24.3 Å². The molecule has 7 heteroatoms. The van der Waals surface area contributed by atoms with E-state index in [2.05, 4.69) is 39.2 Å². The quantitative estimate of drug-likeness (QED) is 0.761. The zero-order valence-corrected chi connectivity index (χ0v) is 14.9. The smallest absolute Gasteiger partial charge is 0.404 e. The summed E-state index contributed by atoms with van der Waals surface area (Å²) in [6, 6.07) is -0.225. The Morgan fingerprint density at radius 3 is 2.52 bits per heavy atom. The van der Waals surface area contributed by atoms with Crippen molar-refractivity contribution in [3.8, 4) is 0 Å². The highest BCUT2D eigenvalue weighted by Gasteiger charge is 2.39. The summed E-state index contributed by atoms with van der Waals surface area (Å²) in [5.74, 6) is 0. The predicted molar refractivity (Wildman–Crippen MR) is 83.3 cm³/mol. The highest BCUT2D eigenvalue weighted by atomic mass is 28.4. The van der Waals surface area contributed by atoms with Crippen molar-refractivity contribution in [1.82, 2.24) is 5.32 Å². The van der Waals surface area contributed by atoms with E-state index in [1.165, 1.54) is 0 Å². The lowest BCUT2D eigenvalue weighted by Crippen LogP contribution is -2.52. The Kier molecular flexibility index (Phi) is 6.21. The SMILES string of the molecule is COC1C[C@@H](NC(=O)O)CO[C@@H]1CO[Si](C)(C)C(C)(C)C. The molecule has 2 N–H and O–H groups in total. The van der Waals surface area contributed by atoms with Crippen LogP contribution in [-0.4, -0.2) is 58.1 Å². The highest BCUT2D eigenvalue weighted by molar-refractivity contribution is 6.74. The third-order valence-electron chi connectivity index (χ3n) is 4.49. The standard InChI is InChI=1S/C14H29NO5Si/c1-14(2,3)21(5,6)20-9-12-11(18-4)7-10(8-19-12)15-13(16)17/h10-12,15H,7-9H2,1-6H3,(H,16,17)/t10-,11?,12-/m1/s1. The van der Waals surface area contributed by atoms with Gasteiger partial charge in [-0.05, 0) is 24.6 Å². The summed E-state index contributed by atoms with van der Waals surface area (Å²) >= 11 is 0. The number of hydrogen-bond acceptors (Lipinski definition) is 4. The summed E-state index contributed by atoms with van der Waals surface area (Å²) in [5, 5.41) is 11.4. The molecule has 0 aromatic carbocycles. The van der Waals surface area contributed by atoms with Crippen molar-refractivity contribution in [2.75, 3.05) is 20.3 Å². The van der Waals surface area contributed by atoms with Gasteiger partial charge in [-0.25, -0.2) is 4.79 Å². The first-order valence-electron chi connectivity index (χ1n) is 7.34. The van der Waals surface area contributed by atoms with Gasteiger partial charge in [0.05, 0.1) is 25.4 Å². The highest BCUT2D eigenvalue weighted by Crippen LogP contribution is 2.37. The second kappa shape index (κ2) is 7.08. The topological polar surface area (TPSA) is 77.0 Å². The maximum absolute atomic E-state index is 10.7. The van der Waals surface area contributed by atoms with Gasteiger partial charge in [0.2, 0.25) is 0 Å². The van der Waals surface area contributed by atoms with Gasteiger partial charge >= 0.3 is 6.09 Å². The largest absolute Gasteiger partial charge is 0.465 e. The molecule has 0 aliphatic carbocycles. The van der Waals surface area contributed by atoms with E-state index in [0.717, 1.165) is 0 Å². The van der Waals surface area contributed by atoms with E-state index in [9.17, 15) is 4.79 Å². The normalized spacial score (nSPS) is 27.4. The number of carbonyl (C=O) groups is 1. The number of nitrogens with one attached hydrogen (secondary N) is 1. The van der Waals surface area contributed by atoms with E-state index in [-0.39, 0.29) is 23.3 Å². The Morgan fingerprint density at radius 2 is 2.05 bits per heavy atom. The Morgan fingerprint density at radius 1 is 1.43 bits per heavy atom. The second-order valence-corrected chi connectivity index (χ2v) is 11.9. The number of amides is 1. The Labute approximate surface area is 128 Å². The van der Waals surface area contributed by atoms with Gasteiger partial charge in [0.25, 0.3) is 0 Å². The van der Waals surface area contributed by atoms with Crippen molar-refractivity contribution in [3.05, 3.63) is 0 Å². The first-order valence-corrected chi connectivity index (χ1v) is 10.3. The van der Waals surface area contributed by atoms with Crippen molar-refractivity contribution < 1.29 is 23.8 Å². The number of ether oxygens (including phenoxy) is 2. The molecule has 1 unspecified atom stereocenters. The van der Waals surface area contributed by atoms with E-state index in [0.29, 0.717) is 19.6 Å². The fourth-order valence-electron chi connectivity index (χ4n) is 2.03. The summed E-state index contributed by atoms with van der Waals surface area (Å²) in [5.41, 5.74) is 0. The summed E-state index contributed by atoms with van der Waals surface area (Å²) in [6.45, 7) is 11.8. The molecule has 1 amide bonds. The van der Waals surface area contributed by atoms with E-state index >= 15 is 0 Å². The molecule has 1 aliphatic heterocycles. The van der Waals surface area contributed by atoms with Crippen LogP contribution in [0.25, 0.3) is 0 Å². The lowest BCUT2D eigenvalue weighted by atomic mass is 10.0. The molecule has 0 saturated carbocycles. The lowest BCUT2D eigenvalue weighted by Gasteiger charge is -2.40. The Hall–Kier alpha value is -0.633. The average molecular weight is 319 g/mol. The van der Waals surface area contributed by atoms with Crippen LogP contribution in [0.15, 0.2) is 0 Å². The van der Waals surface area contributed by atoms with Crippen LogP contribution in [0.4, 0.5) is 4.79 Å². The number of rotatable bonds is 5. The van der Waals surface area contributed by atoms with E-state index in [1.54, 1.807) is 7.11 Å². The molecule has 0 aromatic heterocycles. The maximum atomic E-state index is 10.7. The zero-order chi connectivity index (χ0) is 16.3. The van der Waals surface area contributed by atoms with Gasteiger partial charge in [0.15, 0.2) is 8.32 Å². The fourth-order valence-corrected chi connectivity index (χ4v) is 3.05. The van der Waals surface area contributed by atoms with Crippen LogP contribution in [0.2, 0.25) is 18.1 Å². The summed E-state index contributed by atoms with van der Waals surface area (Å²) in [6.07, 6.45) is -0.723. The first-order chi connectivity index (χ1) is 9.56. The molecule has 1 rings (SSSR count). The molecule has 1 aliphatic rings. The molecule has 0 spiro atoms. The molecule has 21 heavy (non-hydrogen) atoms. The number of carboxylic acid groups (broad SMARTS) is 1. The minimum Gasteiger partial charge on any atom is -0.465 e. The van der Waals surface area contributed by atoms with Gasteiger partial charge in [-0.1, -0.05) is 20.8 Å². The van der Waals surface area contributed by atoms with Crippen molar-refractivity contribution >= 4 is 14.4 Å². The summed E-state index contributed by atoms with van der Waals surface area (Å²) in [7, 11) is -0.198. The van der Waals surface area contributed by atoms with Gasteiger partial charge in [0.1, 0.15) is 6.10 Å². The van der Waals surface area contributed by atoms with E-state index < -0.39 is 14.4 Å². The van der Waals surface area contributed by atoms with E-state index in [4.69, 9.17) is 19.0 Å². The average Bonchev–Trinajstić information content (AvgIpc) is 2.35. The third-order valence-corrected chi connectivity index (χ3v) is 8.99. The van der Waals surface area contributed by atoms with Crippen LogP contribution < -0.4 is 5.32 Å². The van der Waals surface area contributed by atoms with E-state index in [1.807, 2.05) is 0 Å². The minimum absolute atomic E-state index is 0.143. The first kappa shape index (κ1) is 18.4. The second-order valence-electron chi connectivity index (χ2n) is 7.10. The van der Waals surface area contributed by atoms with Crippen molar-refractivity contribution in [2.24, 2.45) is 0 Å². The summed E-state index contributed by atoms with van der Waals surface area (Å²) in [4.78, 5) is 10.7. The van der Waals surface area contributed by atoms with Gasteiger partial charge in [-0.2, -0.15) is 0 Å². The molecule has 1 saturated heterocycles. The van der Waals surface area contributed by atoms with Crippen LogP contribution in [0.1, 0.15) is 27.2 Å². The molecule has 0 radical (unpaired) electrons. The molecule has 0 bridgehead atoms.